The van der Waals surface area contributed by atoms with Crippen LogP contribution < -0.4 is 10.5 Å². The van der Waals surface area contributed by atoms with Crippen molar-refractivity contribution < 1.29 is 0 Å². The van der Waals surface area contributed by atoms with Gasteiger partial charge in [-0.2, -0.15) is 5.10 Å². The van der Waals surface area contributed by atoms with Crippen molar-refractivity contribution >= 4 is 16.5 Å². The first-order chi connectivity index (χ1) is 11.9. The van der Waals surface area contributed by atoms with E-state index in [1.807, 2.05) is 17.4 Å². The lowest BCUT2D eigenvalue weighted by atomic mass is 9.92. The van der Waals surface area contributed by atoms with Crippen molar-refractivity contribution in [3.8, 4) is 0 Å². The second-order valence-electron chi connectivity index (χ2n) is 8.20. The van der Waals surface area contributed by atoms with E-state index >= 15 is 0 Å². The molecule has 0 bridgehead atoms. The maximum Gasteiger partial charge on any atom is 0.266 e. The summed E-state index contributed by atoms with van der Waals surface area (Å²) >= 11 is 1.85. The predicted octanol–water partition coefficient (Wildman–Crippen LogP) is 3.16. The van der Waals surface area contributed by atoms with Crippen LogP contribution in [0.1, 0.15) is 56.3 Å². The standard InChI is InChI=1S/C19H26N4OS/c1-19(2,3)16-9-10-17(24)23(21-16)12-13-6-5-11-22(13)18-20-14-7-4-8-15(14)25-18/h9-10,13H,4-8,11-12H2,1-3H3. The highest BCUT2D eigenvalue weighted by Gasteiger charge is 2.30. The minimum Gasteiger partial charge on any atom is -0.343 e. The van der Waals surface area contributed by atoms with Crippen LogP contribution in [0.5, 0.6) is 0 Å². The summed E-state index contributed by atoms with van der Waals surface area (Å²) in [5.41, 5.74) is 2.20. The molecule has 6 heteroatoms. The molecule has 0 spiro atoms. The Morgan fingerprint density at radius 3 is 2.84 bits per heavy atom. The largest absolute Gasteiger partial charge is 0.343 e. The lowest BCUT2D eigenvalue weighted by Crippen LogP contribution is -2.38. The highest BCUT2D eigenvalue weighted by Crippen LogP contribution is 2.36. The topological polar surface area (TPSA) is 51.0 Å². The summed E-state index contributed by atoms with van der Waals surface area (Å²) in [6.45, 7) is 8.06. The monoisotopic (exact) mass is 358 g/mol. The molecule has 1 fully saturated rings. The van der Waals surface area contributed by atoms with Gasteiger partial charge in [0.1, 0.15) is 0 Å². The summed E-state index contributed by atoms with van der Waals surface area (Å²) in [5, 5.41) is 5.79. The van der Waals surface area contributed by atoms with Gasteiger partial charge >= 0.3 is 0 Å². The SMILES string of the molecule is CC(C)(C)c1ccc(=O)n(CC2CCCN2c2nc3c(s2)CCC3)n1. The van der Waals surface area contributed by atoms with Crippen molar-refractivity contribution in [1.82, 2.24) is 14.8 Å². The van der Waals surface area contributed by atoms with Crippen molar-refractivity contribution in [2.45, 2.75) is 70.9 Å². The Hall–Kier alpha value is -1.69. The second-order valence-corrected chi connectivity index (χ2v) is 9.26. The molecular formula is C19H26N4OS. The van der Waals surface area contributed by atoms with Gasteiger partial charge in [0, 0.05) is 22.9 Å². The number of rotatable bonds is 3. The Balaban J connectivity index is 1.58. The third-order valence-corrected chi connectivity index (χ3v) is 6.42. The van der Waals surface area contributed by atoms with Gasteiger partial charge in [0.15, 0.2) is 5.13 Å². The number of thiazole rings is 1. The van der Waals surface area contributed by atoms with Crippen molar-refractivity contribution in [3.05, 3.63) is 38.8 Å². The van der Waals surface area contributed by atoms with Gasteiger partial charge in [-0.15, -0.1) is 11.3 Å². The van der Waals surface area contributed by atoms with Gasteiger partial charge in [-0.05, 0) is 38.2 Å². The van der Waals surface area contributed by atoms with Crippen LogP contribution in [-0.4, -0.2) is 27.4 Å². The maximum atomic E-state index is 12.3. The van der Waals surface area contributed by atoms with E-state index in [4.69, 9.17) is 4.98 Å². The van der Waals surface area contributed by atoms with Crippen LogP contribution in [0.3, 0.4) is 0 Å². The molecule has 1 atom stereocenters. The Kier molecular flexibility index (Phi) is 4.18. The fraction of sp³-hybridized carbons (Fsp3) is 0.632. The number of fused-ring (bicyclic) bond motifs is 1. The third-order valence-electron chi connectivity index (χ3n) is 5.23. The number of hydrogen-bond acceptors (Lipinski definition) is 5. The van der Waals surface area contributed by atoms with Crippen molar-refractivity contribution in [3.63, 3.8) is 0 Å². The van der Waals surface area contributed by atoms with Gasteiger partial charge in [-0.25, -0.2) is 9.67 Å². The highest BCUT2D eigenvalue weighted by atomic mass is 32.1. The number of aryl methyl sites for hydroxylation is 2. The Bertz CT molecular complexity index is 811. The van der Waals surface area contributed by atoms with Crippen LogP contribution in [0.2, 0.25) is 0 Å². The zero-order chi connectivity index (χ0) is 17.6. The van der Waals surface area contributed by atoms with Crippen molar-refractivity contribution in [1.29, 1.82) is 0 Å². The zero-order valence-electron chi connectivity index (χ0n) is 15.3. The van der Waals surface area contributed by atoms with Crippen LogP contribution in [0.4, 0.5) is 5.13 Å². The van der Waals surface area contributed by atoms with Gasteiger partial charge in [-0.3, -0.25) is 4.79 Å². The van der Waals surface area contributed by atoms with Crippen LogP contribution >= 0.6 is 11.3 Å². The predicted molar refractivity (Wildman–Crippen MR) is 102 cm³/mol. The molecule has 0 aromatic carbocycles. The molecule has 5 nitrogen and oxygen atoms in total. The molecule has 0 amide bonds. The van der Waals surface area contributed by atoms with Crippen molar-refractivity contribution in [2.24, 2.45) is 0 Å². The number of aromatic nitrogens is 3. The van der Waals surface area contributed by atoms with Gasteiger partial charge in [0.05, 0.1) is 24.0 Å². The van der Waals surface area contributed by atoms with E-state index in [2.05, 4.69) is 30.8 Å². The molecule has 4 rings (SSSR count). The fourth-order valence-electron chi connectivity index (χ4n) is 3.76. The third kappa shape index (κ3) is 3.24. The molecule has 1 aliphatic carbocycles. The van der Waals surface area contributed by atoms with E-state index in [9.17, 15) is 4.79 Å². The van der Waals surface area contributed by atoms with E-state index in [1.54, 1.807) is 10.7 Å². The molecule has 3 heterocycles. The minimum atomic E-state index is -0.0546. The first-order valence-corrected chi connectivity index (χ1v) is 10.1. The summed E-state index contributed by atoms with van der Waals surface area (Å²) in [7, 11) is 0. The summed E-state index contributed by atoms with van der Waals surface area (Å²) in [6, 6.07) is 3.83. The molecule has 1 saturated heterocycles. The van der Waals surface area contributed by atoms with E-state index in [1.165, 1.54) is 23.4 Å². The van der Waals surface area contributed by atoms with Gasteiger partial charge in [-0.1, -0.05) is 20.8 Å². The summed E-state index contributed by atoms with van der Waals surface area (Å²) in [5.74, 6) is 0. The summed E-state index contributed by atoms with van der Waals surface area (Å²) in [4.78, 5) is 21.1. The molecule has 0 N–H and O–H groups in total. The lowest BCUT2D eigenvalue weighted by molar-refractivity contribution is 0.457. The van der Waals surface area contributed by atoms with E-state index in [-0.39, 0.29) is 11.0 Å². The first kappa shape index (κ1) is 16.8. The number of nitrogens with zero attached hydrogens (tertiary/aromatic N) is 4. The van der Waals surface area contributed by atoms with Crippen molar-refractivity contribution in [2.75, 3.05) is 11.4 Å². The lowest BCUT2D eigenvalue weighted by Gasteiger charge is -2.25. The molecule has 134 valence electrons. The van der Waals surface area contributed by atoms with Gasteiger partial charge < -0.3 is 4.90 Å². The van der Waals surface area contributed by atoms with Crippen LogP contribution in [0, 0.1) is 0 Å². The molecule has 2 aliphatic rings. The maximum absolute atomic E-state index is 12.3. The zero-order valence-corrected chi connectivity index (χ0v) is 16.1. The molecular weight excluding hydrogens is 332 g/mol. The highest BCUT2D eigenvalue weighted by molar-refractivity contribution is 7.15. The molecule has 1 aliphatic heterocycles. The molecule has 2 aromatic heterocycles. The van der Waals surface area contributed by atoms with Gasteiger partial charge in [0.2, 0.25) is 0 Å². The molecule has 0 saturated carbocycles. The number of anilines is 1. The molecule has 25 heavy (non-hydrogen) atoms. The summed E-state index contributed by atoms with van der Waals surface area (Å²) < 4.78 is 1.66. The average Bonchev–Trinajstić information content (AvgIpc) is 3.22. The average molecular weight is 359 g/mol. The smallest absolute Gasteiger partial charge is 0.266 e. The first-order valence-electron chi connectivity index (χ1n) is 9.26. The minimum absolute atomic E-state index is 0.0125. The Labute approximate surface area is 152 Å². The van der Waals surface area contributed by atoms with Crippen LogP contribution in [-0.2, 0) is 24.8 Å². The summed E-state index contributed by atoms with van der Waals surface area (Å²) in [6.07, 6.45) is 5.80. The normalized spacial score (nSPS) is 20.3. The fourth-order valence-corrected chi connectivity index (χ4v) is 5.00. The Morgan fingerprint density at radius 1 is 1.24 bits per heavy atom. The molecule has 2 aromatic rings. The Morgan fingerprint density at radius 2 is 2.08 bits per heavy atom. The van der Waals surface area contributed by atoms with Gasteiger partial charge in [0.25, 0.3) is 5.56 Å². The second kappa shape index (κ2) is 6.24. The van der Waals surface area contributed by atoms with E-state index in [0.29, 0.717) is 12.6 Å². The van der Waals surface area contributed by atoms with E-state index in [0.717, 1.165) is 36.6 Å². The van der Waals surface area contributed by atoms with Crippen LogP contribution in [0.25, 0.3) is 0 Å². The quantitative estimate of drug-likeness (QED) is 0.846. The molecule has 0 radical (unpaired) electrons. The van der Waals surface area contributed by atoms with Crippen LogP contribution in [0.15, 0.2) is 16.9 Å². The molecule has 1 unspecified atom stereocenters. The number of hydrogen-bond donors (Lipinski definition) is 0. The van der Waals surface area contributed by atoms with E-state index < -0.39 is 0 Å².